The van der Waals surface area contributed by atoms with Gasteiger partial charge in [0.2, 0.25) is 0 Å². The molecule has 4 rings (SSSR count). The second-order valence-corrected chi connectivity index (χ2v) is 6.82. The first kappa shape index (κ1) is 20.2. The molecule has 4 aromatic rings. The molecule has 2 aromatic heterocycles. The number of pyridine rings is 1. The molecule has 0 saturated carbocycles. The second-order valence-electron chi connectivity index (χ2n) is 6.82. The van der Waals surface area contributed by atoms with Crippen LogP contribution in [-0.4, -0.2) is 20.4 Å². The summed E-state index contributed by atoms with van der Waals surface area (Å²) in [6.07, 6.45) is 6.91. The van der Waals surface area contributed by atoms with E-state index in [0.717, 1.165) is 23.4 Å². The summed E-state index contributed by atoms with van der Waals surface area (Å²) in [5, 5.41) is 5.89. The van der Waals surface area contributed by atoms with Gasteiger partial charge in [0, 0.05) is 37.4 Å². The lowest BCUT2D eigenvalue weighted by Gasteiger charge is -2.12. The van der Waals surface area contributed by atoms with E-state index < -0.39 is 11.6 Å². The third-order valence-electron chi connectivity index (χ3n) is 4.69. The zero-order chi connectivity index (χ0) is 21.6. The number of nitrogens with zero attached hydrogens (tertiary/aromatic N) is 3. The van der Waals surface area contributed by atoms with E-state index in [-0.39, 0.29) is 12.5 Å². The highest BCUT2D eigenvalue weighted by atomic mass is 19.2. The van der Waals surface area contributed by atoms with Crippen molar-refractivity contribution >= 4 is 11.7 Å². The van der Waals surface area contributed by atoms with Crippen LogP contribution >= 0.6 is 0 Å². The van der Waals surface area contributed by atoms with Crippen molar-refractivity contribution in [1.29, 1.82) is 0 Å². The van der Waals surface area contributed by atoms with Crippen LogP contribution in [-0.2, 0) is 13.1 Å². The van der Waals surface area contributed by atoms with Crippen molar-refractivity contribution in [1.82, 2.24) is 19.9 Å². The molecule has 2 aromatic carbocycles. The number of amides is 1. The molecule has 31 heavy (non-hydrogen) atoms. The highest BCUT2D eigenvalue weighted by Gasteiger charge is 2.12. The molecule has 6 nitrogen and oxygen atoms in total. The Balaban J connectivity index is 1.39. The molecular formula is C23H19F2N5O. The Morgan fingerprint density at radius 2 is 1.74 bits per heavy atom. The predicted molar refractivity (Wildman–Crippen MR) is 113 cm³/mol. The van der Waals surface area contributed by atoms with E-state index in [0.29, 0.717) is 23.5 Å². The summed E-state index contributed by atoms with van der Waals surface area (Å²) >= 11 is 0. The lowest BCUT2D eigenvalue weighted by Crippen LogP contribution is -2.24. The topological polar surface area (TPSA) is 71.8 Å². The molecule has 156 valence electrons. The second kappa shape index (κ2) is 9.17. The standard InChI is InChI=1S/C23H19F2N5O/c24-20-8-5-17(12-21(20)25)14-29-23(31)19-2-1-9-27-22(19)28-13-16-3-6-18(7-4-16)30-11-10-26-15-30/h1-12,15H,13-14H2,(H,27,28)(H,29,31). The smallest absolute Gasteiger partial charge is 0.255 e. The van der Waals surface area contributed by atoms with Crippen LogP contribution in [0.3, 0.4) is 0 Å². The van der Waals surface area contributed by atoms with Crippen molar-refractivity contribution in [2.24, 2.45) is 0 Å². The fraction of sp³-hybridized carbons (Fsp3) is 0.0870. The number of carbonyl (C=O) groups excluding carboxylic acids is 1. The van der Waals surface area contributed by atoms with Gasteiger partial charge in [-0.25, -0.2) is 18.7 Å². The van der Waals surface area contributed by atoms with Gasteiger partial charge in [-0.3, -0.25) is 4.79 Å². The van der Waals surface area contributed by atoms with Crippen LogP contribution in [0.1, 0.15) is 21.5 Å². The van der Waals surface area contributed by atoms with Gasteiger partial charge < -0.3 is 15.2 Å². The van der Waals surface area contributed by atoms with E-state index in [1.165, 1.54) is 6.07 Å². The average molecular weight is 419 g/mol. The summed E-state index contributed by atoms with van der Waals surface area (Å²) in [6.45, 7) is 0.546. The molecule has 0 unspecified atom stereocenters. The number of hydrogen-bond acceptors (Lipinski definition) is 4. The summed E-state index contributed by atoms with van der Waals surface area (Å²) in [6, 6.07) is 14.8. The number of anilines is 1. The molecular weight excluding hydrogens is 400 g/mol. The molecule has 2 heterocycles. The minimum Gasteiger partial charge on any atom is -0.365 e. The zero-order valence-electron chi connectivity index (χ0n) is 16.4. The molecule has 0 saturated heterocycles. The summed E-state index contributed by atoms with van der Waals surface area (Å²) in [4.78, 5) is 20.9. The fourth-order valence-electron chi connectivity index (χ4n) is 3.04. The van der Waals surface area contributed by atoms with Gasteiger partial charge >= 0.3 is 0 Å². The van der Waals surface area contributed by atoms with E-state index in [4.69, 9.17) is 0 Å². The fourth-order valence-corrected chi connectivity index (χ4v) is 3.04. The lowest BCUT2D eigenvalue weighted by molar-refractivity contribution is 0.0951. The first-order valence-corrected chi connectivity index (χ1v) is 9.58. The van der Waals surface area contributed by atoms with Crippen molar-refractivity contribution < 1.29 is 13.6 Å². The number of carbonyl (C=O) groups is 1. The Hall–Kier alpha value is -4.07. The zero-order valence-corrected chi connectivity index (χ0v) is 16.4. The van der Waals surface area contributed by atoms with Gasteiger partial charge in [-0.2, -0.15) is 0 Å². The maximum Gasteiger partial charge on any atom is 0.255 e. The number of nitrogens with one attached hydrogen (secondary N) is 2. The van der Waals surface area contributed by atoms with E-state index in [2.05, 4.69) is 20.6 Å². The molecule has 1 amide bonds. The van der Waals surface area contributed by atoms with Crippen molar-refractivity contribution in [3.05, 3.63) is 108 Å². The minimum absolute atomic E-state index is 0.0695. The van der Waals surface area contributed by atoms with Crippen molar-refractivity contribution in [3.63, 3.8) is 0 Å². The molecule has 0 aliphatic rings. The minimum atomic E-state index is -0.950. The Bertz CT molecular complexity index is 1180. The first-order chi connectivity index (χ1) is 15.1. The van der Waals surface area contributed by atoms with Gasteiger partial charge in [0.25, 0.3) is 5.91 Å². The summed E-state index contributed by atoms with van der Waals surface area (Å²) in [5.74, 6) is -1.80. The van der Waals surface area contributed by atoms with Crippen LogP contribution < -0.4 is 10.6 Å². The van der Waals surface area contributed by atoms with Crippen LogP contribution in [0, 0.1) is 11.6 Å². The van der Waals surface area contributed by atoms with Crippen molar-refractivity contribution in [2.45, 2.75) is 13.1 Å². The Labute approximate surface area is 177 Å². The molecule has 8 heteroatoms. The third-order valence-corrected chi connectivity index (χ3v) is 4.69. The van der Waals surface area contributed by atoms with Crippen molar-refractivity contribution in [3.8, 4) is 5.69 Å². The van der Waals surface area contributed by atoms with Crippen molar-refractivity contribution in [2.75, 3.05) is 5.32 Å². The summed E-state index contributed by atoms with van der Waals surface area (Å²) in [5.41, 5.74) is 2.84. The maximum absolute atomic E-state index is 13.3. The van der Waals surface area contributed by atoms with Crippen LogP contribution in [0.4, 0.5) is 14.6 Å². The summed E-state index contributed by atoms with van der Waals surface area (Å²) < 4.78 is 28.3. The largest absolute Gasteiger partial charge is 0.365 e. The Morgan fingerprint density at radius 3 is 2.48 bits per heavy atom. The van der Waals surface area contributed by atoms with Gasteiger partial charge in [0.05, 0.1) is 11.9 Å². The number of hydrogen-bond donors (Lipinski definition) is 2. The molecule has 0 fully saturated rings. The van der Waals surface area contributed by atoms with E-state index in [1.807, 2.05) is 35.0 Å². The summed E-state index contributed by atoms with van der Waals surface area (Å²) in [7, 11) is 0. The quantitative estimate of drug-likeness (QED) is 0.473. The predicted octanol–water partition coefficient (Wildman–Crippen LogP) is 4.09. The third kappa shape index (κ3) is 4.92. The highest BCUT2D eigenvalue weighted by Crippen LogP contribution is 2.15. The number of aromatic nitrogens is 3. The molecule has 0 atom stereocenters. The van der Waals surface area contributed by atoms with Crippen LogP contribution in [0.5, 0.6) is 0 Å². The van der Waals surface area contributed by atoms with Crippen LogP contribution in [0.2, 0.25) is 0 Å². The normalized spacial score (nSPS) is 10.6. The lowest BCUT2D eigenvalue weighted by atomic mass is 10.1. The molecule has 0 aliphatic heterocycles. The molecule has 0 radical (unpaired) electrons. The monoisotopic (exact) mass is 419 g/mol. The SMILES string of the molecule is O=C(NCc1ccc(F)c(F)c1)c1cccnc1NCc1ccc(-n2ccnc2)cc1. The number of imidazole rings is 1. The Morgan fingerprint density at radius 1 is 0.935 bits per heavy atom. The van der Waals surface area contributed by atoms with E-state index in [9.17, 15) is 13.6 Å². The molecule has 0 spiro atoms. The van der Waals surface area contributed by atoms with Crippen LogP contribution in [0.25, 0.3) is 5.69 Å². The van der Waals surface area contributed by atoms with Gasteiger partial charge in [-0.1, -0.05) is 18.2 Å². The highest BCUT2D eigenvalue weighted by molar-refractivity contribution is 5.98. The van der Waals surface area contributed by atoms with E-state index in [1.54, 1.807) is 30.9 Å². The van der Waals surface area contributed by atoms with Gasteiger partial charge in [-0.05, 0) is 47.5 Å². The van der Waals surface area contributed by atoms with Gasteiger partial charge in [-0.15, -0.1) is 0 Å². The Kier molecular flexibility index (Phi) is 5.98. The number of halogens is 2. The van der Waals surface area contributed by atoms with Gasteiger partial charge in [0.15, 0.2) is 11.6 Å². The van der Waals surface area contributed by atoms with Gasteiger partial charge in [0.1, 0.15) is 5.82 Å². The van der Waals surface area contributed by atoms with Crippen LogP contribution in [0.15, 0.2) is 79.5 Å². The first-order valence-electron chi connectivity index (χ1n) is 9.58. The van der Waals surface area contributed by atoms with E-state index >= 15 is 0 Å². The molecule has 0 bridgehead atoms. The molecule has 0 aliphatic carbocycles. The number of benzene rings is 2. The maximum atomic E-state index is 13.3. The molecule has 2 N–H and O–H groups in total. The average Bonchev–Trinajstić information content (AvgIpc) is 3.34. The number of rotatable bonds is 7.